The Morgan fingerprint density at radius 2 is 1.61 bits per heavy atom. The van der Waals surface area contributed by atoms with Gasteiger partial charge in [0, 0.05) is 98.0 Å². The number of Topliss-reactive ketones (excluding diaryl/α,β-unsaturated/α-hetero) is 1. The highest BCUT2D eigenvalue weighted by atomic mass is 32.1. The smallest absolute Gasteiger partial charge is 0.253 e. The van der Waals surface area contributed by atoms with Crippen LogP contribution in [0.25, 0.3) is 21.6 Å². The summed E-state index contributed by atoms with van der Waals surface area (Å²) in [7, 11) is 0. The second-order valence-corrected chi connectivity index (χ2v) is 23.5. The van der Waals surface area contributed by atoms with Gasteiger partial charge in [0.05, 0.1) is 41.3 Å². The maximum Gasteiger partial charge on any atom is 0.253 e. The number of nitrogens with one attached hydrogen (secondary N) is 3. The van der Waals surface area contributed by atoms with E-state index in [0.29, 0.717) is 61.9 Å². The predicted octanol–water partition coefficient (Wildman–Crippen LogP) is 9.88. The van der Waals surface area contributed by atoms with Gasteiger partial charge in [-0.05, 0) is 149 Å². The Hall–Kier alpha value is -7.18. The zero-order chi connectivity index (χ0) is 58.7. The van der Waals surface area contributed by atoms with Gasteiger partial charge < -0.3 is 49.5 Å². The van der Waals surface area contributed by atoms with Crippen LogP contribution in [0.4, 0.5) is 5.69 Å². The molecule has 4 aromatic carbocycles. The lowest BCUT2D eigenvalue weighted by Gasteiger charge is -2.37. The molecule has 6 aromatic rings. The number of likely N-dealkylation sites (tertiary alicyclic amines) is 1. The first-order valence-corrected chi connectivity index (χ1v) is 30.3. The number of carbonyl (C=O) groups is 4. The number of thiazole rings is 1. The molecule has 2 saturated heterocycles. The molecule has 17 heteroatoms. The average molecular weight is 1150 g/mol. The molecule has 0 saturated carbocycles. The van der Waals surface area contributed by atoms with Crippen LogP contribution in [0.15, 0.2) is 95.2 Å². The molecule has 2 unspecified atom stereocenters. The number of aliphatic hydroxyl groups is 1. The Morgan fingerprint density at radius 1 is 0.855 bits per heavy atom. The van der Waals surface area contributed by atoms with Crippen LogP contribution in [0.1, 0.15) is 119 Å². The molecule has 9 rings (SSSR count). The Labute approximate surface area is 491 Å². The number of amides is 3. The molecular weight excluding hydrogens is 1070 g/mol. The molecule has 2 aromatic heterocycles. The van der Waals surface area contributed by atoms with Gasteiger partial charge in [-0.25, -0.2) is 4.98 Å². The number of ketones is 1. The SMILES string of the molecule is CCN(c1cc(-c2ccc(OCCCCCOCCOc3cc(-c4scnc4C)ccc3CNC(=O)C3C[C@@H](O)CN3C(=O)[C@H](C(C)C)C3Cc4ccccc4C3=O)cc2)cc(C(=O)NCc2c(C)cc(C)[nH]c2=O)c1C)C1CCOCC1. The molecule has 0 spiro atoms. The number of hydrogen-bond donors (Lipinski definition) is 4. The van der Waals surface area contributed by atoms with Crippen molar-refractivity contribution < 1.29 is 43.2 Å². The minimum atomic E-state index is -0.888. The van der Waals surface area contributed by atoms with E-state index in [-0.39, 0.29) is 73.7 Å². The quantitative estimate of drug-likeness (QED) is 0.0396. The van der Waals surface area contributed by atoms with Crippen LogP contribution in [0.2, 0.25) is 0 Å². The summed E-state index contributed by atoms with van der Waals surface area (Å²) in [6.07, 6.45) is 4.11. The first kappa shape index (κ1) is 60.4. The number of rotatable bonds is 25. The number of β-amino-alcohol motifs (C(OH)–C–C–N with tert-alkyl or cyclic N) is 1. The third kappa shape index (κ3) is 14.4. The van der Waals surface area contributed by atoms with Crippen LogP contribution in [-0.2, 0) is 38.6 Å². The van der Waals surface area contributed by atoms with Gasteiger partial charge in [0.1, 0.15) is 24.1 Å². The van der Waals surface area contributed by atoms with Crippen molar-refractivity contribution in [3.8, 4) is 33.1 Å². The molecule has 2 fully saturated rings. The summed E-state index contributed by atoms with van der Waals surface area (Å²) in [6.45, 7) is 17.9. The van der Waals surface area contributed by atoms with Gasteiger partial charge in [0.15, 0.2) is 5.78 Å². The van der Waals surface area contributed by atoms with Crippen molar-refractivity contribution in [3.63, 3.8) is 0 Å². The van der Waals surface area contributed by atoms with E-state index in [1.165, 1.54) is 4.90 Å². The number of benzene rings is 4. The number of H-pyrrole nitrogens is 1. The van der Waals surface area contributed by atoms with Crippen LogP contribution in [-0.4, -0.2) is 114 Å². The lowest BCUT2D eigenvalue weighted by molar-refractivity contribution is -0.144. The monoisotopic (exact) mass is 1150 g/mol. The fourth-order valence-corrected chi connectivity index (χ4v) is 13.0. The van der Waals surface area contributed by atoms with E-state index < -0.39 is 24.0 Å². The summed E-state index contributed by atoms with van der Waals surface area (Å²) in [5.41, 5.74) is 12.3. The zero-order valence-electron chi connectivity index (χ0n) is 49.0. The number of aromatic amines is 1. The molecule has 83 heavy (non-hydrogen) atoms. The predicted molar refractivity (Wildman–Crippen MR) is 323 cm³/mol. The second-order valence-electron chi connectivity index (χ2n) is 22.6. The lowest BCUT2D eigenvalue weighted by atomic mass is 9.79. The number of fused-ring (bicyclic) bond motifs is 1. The number of pyridine rings is 1. The average Bonchev–Trinajstić information content (AvgIpc) is 3.33. The first-order chi connectivity index (χ1) is 40.1. The number of anilines is 1. The van der Waals surface area contributed by atoms with Crippen LogP contribution < -0.4 is 30.6 Å². The number of aryl methyl sites for hydroxylation is 3. The van der Waals surface area contributed by atoms with Gasteiger partial charge in [0.25, 0.3) is 11.5 Å². The van der Waals surface area contributed by atoms with Crippen molar-refractivity contribution in [1.82, 2.24) is 25.5 Å². The number of carbonyl (C=O) groups excluding carboxylic acids is 4. The highest BCUT2D eigenvalue weighted by Crippen LogP contribution is 2.39. The number of nitrogens with zero attached hydrogens (tertiary/aromatic N) is 3. The van der Waals surface area contributed by atoms with Crippen molar-refractivity contribution in [1.29, 1.82) is 0 Å². The molecule has 440 valence electrons. The Bertz CT molecular complexity index is 3310. The number of aliphatic hydroxyl groups excluding tert-OH is 1. The normalized spacial score (nSPS) is 17.4. The van der Waals surface area contributed by atoms with Crippen LogP contribution in [0.3, 0.4) is 0 Å². The number of ether oxygens (including phenoxy) is 4. The largest absolute Gasteiger partial charge is 0.494 e. The summed E-state index contributed by atoms with van der Waals surface area (Å²) in [5.74, 6) is -0.908. The fraction of sp³-hybridized carbons (Fsp3) is 0.455. The van der Waals surface area contributed by atoms with E-state index in [0.717, 1.165) is 105 Å². The van der Waals surface area contributed by atoms with Gasteiger partial charge in [0.2, 0.25) is 11.8 Å². The van der Waals surface area contributed by atoms with Gasteiger partial charge >= 0.3 is 0 Å². The van der Waals surface area contributed by atoms with Gasteiger partial charge in [-0.15, -0.1) is 11.3 Å². The van der Waals surface area contributed by atoms with Crippen LogP contribution in [0, 0.1) is 45.4 Å². The third-order valence-electron chi connectivity index (χ3n) is 16.6. The van der Waals surface area contributed by atoms with Crippen molar-refractivity contribution in [2.24, 2.45) is 17.8 Å². The van der Waals surface area contributed by atoms with Crippen LogP contribution in [0.5, 0.6) is 11.5 Å². The van der Waals surface area contributed by atoms with E-state index in [1.54, 1.807) is 11.3 Å². The molecular formula is C66H80N6O10S. The second kappa shape index (κ2) is 27.9. The lowest BCUT2D eigenvalue weighted by Crippen LogP contribution is -2.50. The number of aromatic nitrogens is 2. The Morgan fingerprint density at radius 3 is 2.34 bits per heavy atom. The van der Waals surface area contributed by atoms with E-state index in [2.05, 4.69) is 38.5 Å². The number of hydrogen-bond acceptors (Lipinski definition) is 13. The molecule has 4 heterocycles. The number of unbranched alkanes of at least 4 members (excludes halogenated alkanes) is 2. The van der Waals surface area contributed by atoms with Crippen molar-refractivity contribution in [2.45, 2.75) is 125 Å². The van der Waals surface area contributed by atoms with Crippen molar-refractivity contribution in [3.05, 3.63) is 151 Å². The third-order valence-corrected chi connectivity index (χ3v) is 17.6. The van der Waals surface area contributed by atoms with Crippen molar-refractivity contribution >= 4 is 40.5 Å². The minimum Gasteiger partial charge on any atom is -0.494 e. The van der Waals surface area contributed by atoms with E-state index in [4.69, 9.17) is 18.9 Å². The van der Waals surface area contributed by atoms with Gasteiger partial charge in [-0.2, -0.15) is 0 Å². The Kier molecular flexibility index (Phi) is 20.3. The molecule has 4 N–H and O–H groups in total. The molecule has 0 bridgehead atoms. The molecule has 16 nitrogen and oxygen atoms in total. The van der Waals surface area contributed by atoms with Crippen molar-refractivity contribution in [2.75, 3.05) is 57.6 Å². The fourth-order valence-electron chi connectivity index (χ4n) is 12.1. The minimum absolute atomic E-state index is 0.0240. The maximum atomic E-state index is 14.4. The molecule has 0 radical (unpaired) electrons. The molecule has 1 aliphatic carbocycles. The highest BCUT2D eigenvalue weighted by molar-refractivity contribution is 7.13. The summed E-state index contributed by atoms with van der Waals surface area (Å²) in [6, 6.07) is 26.8. The highest BCUT2D eigenvalue weighted by Gasteiger charge is 2.47. The standard InChI is InChI=1S/C66H80N6O10S/c1-8-71(50-22-26-80-27-23-50)57-33-49(32-54(43(57)6)63(75)68-37-56-41(4)30-42(5)70-64(56)76)45-18-20-52(21-19-45)81-25-13-9-12-24-79-28-29-82-59-34-47(62-44(7)69-39-83-62)16-17-48(59)36-67-65(77)58-35-51(73)38-72(58)66(78)60(40(2)3)55-31-46-14-10-11-15-53(46)61(55)74/h10-11,14-21,30,32-34,39-40,50-51,55,58,60,73H,8-9,12-13,22-29,31,35-38H2,1-7H3,(H,67,77)(H,68,75)(H,70,76)/t51-,55?,58?,60-/m1/s1. The summed E-state index contributed by atoms with van der Waals surface area (Å²) >= 11 is 1.54. The summed E-state index contributed by atoms with van der Waals surface area (Å²) in [5, 5.41) is 16.9. The zero-order valence-corrected chi connectivity index (χ0v) is 49.8. The maximum absolute atomic E-state index is 14.4. The molecule has 4 atom stereocenters. The van der Waals surface area contributed by atoms with E-state index >= 15 is 0 Å². The first-order valence-electron chi connectivity index (χ1n) is 29.4. The van der Waals surface area contributed by atoms with E-state index in [1.807, 2.05) is 126 Å². The molecule has 2 aliphatic heterocycles. The summed E-state index contributed by atoms with van der Waals surface area (Å²) in [4.78, 5) is 81.0. The van der Waals surface area contributed by atoms with Gasteiger partial charge in [-0.1, -0.05) is 62.4 Å². The molecule has 3 amide bonds. The topological polar surface area (TPSA) is 202 Å². The van der Waals surface area contributed by atoms with E-state index in [9.17, 15) is 29.1 Å². The molecule has 3 aliphatic rings. The summed E-state index contributed by atoms with van der Waals surface area (Å²) < 4.78 is 24.2. The Balaban J connectivity index is 0.754. The van der Waals surface area contributed by atoms with Crippen LogP contribution >= 0.6 is 11.3 Å². The van der Waals surface area contributed by atoms with Gasteiger partial charge in [-0.3, -0.25) is 24.0 Å².